The molecule has 1 fully saturated rings. The van der Waals surface area contributed by atoms with Gasteiger partial charge in [-0.3, -0.25) is 9.69 Å². The van der Waals surface area contributed by atoms with E-state index in [1.165, 1.54) is 14.0 Å². The summed E-state index contributed by atoms with van der Waals surface area (Å²) in [5.74, 6) is -0.431. The van der Waals surface area contributed by atoms with Crippen molar-refractivity contribution in [1.29, 1.82) is 0 Å². The Morgan fingerprint density at radius 2 is 1.95 bits per heavy atom. The van der Waals surface area contributed by atoms with Crippen molar-refractivity contribution >= 4 is 85.3 Å². The van der Waals surface area contributed by atoms with Crippen LogP contribution in [-0.2, 0) is 16.1 Å². The first kappa shape index (κ1) is 31.4. The second kappa shape index (κ2) is 13.6. The molecular formula is C28H31I3N4O5. The van der Waals surface area contributed by atoms with E-state index in [1.807, 2.05) is 49.4 Å². The van der Waals surface area contributed by atoms with Gasteiger partial charge < -0.3 is 19.9 Å². The summed E-state index contributed by atoms with van der Waals surface area (Å²) in [5, 5.41) is 18.3. The summed E-state index contributed by atoms with van der Waals surface area (Å²) in [6.45, 7) is 5.33. The Hall–Kier alpha value is -1.50. The molecule has 2 N–H and O–H groups in total. The van der Waals surface area contributed by atoms with Crippen LogP contribution in [0.15, 0.2) is 48.7 Å². The van der Waals surface area contributed by atoms with Crippen molar-refractivity contribution in [3.05, 3.63) is 69.1 Å². The van der Waals surface area contributed by atoms with Crippen molar-refractivity contribution in [1.82, 2.24) is 14.7 Å². The molecule has 0 aliphatic carbocycles. The zero-order chi connectivity index (χ0) is 29.0. The molecule has 214 valence electrons. The number of benzene rings is 2. The number of nitrogens with one attached hydrogen (secondary N) is 1. The van der Waals surface area contributed by atoms with E-state index >= 15 is 0 Å². The Bertz CT molecular complexity index is 1360. The molecule has 1 saturated heterocycles. The third-order valence-corrected chi connectivity index (χ3v) is 8.30. The molecule has 1 aromatic heterocycles. The second-order valence-corrected chi connectivity index (χ2v) is 15.8. The highest BCUT2D eigenvalue weighted by atomic mass is 127. The topological polar surface area (TPSA) is 106 Å². The molecule has 1 aliphatic rings. The molecule has 2 heterocycles. The number of aliphatic hydroxyl groups is 1. The second-order valence-electron chi connectivity index (χ2n) is 9.92. The maximum absolute atomic E-state index is 13.2. The molecule has 2 aromatic carbocycles. The van der Waals surface area contributed by atoms with Crippen LogP contribution in [0.25, 0.3) is 5.69 Å². The summed E-state index contributed by atoms with van der Waals surface area (Å²) in [6, 6.07) is 13.6. The molecule has 0 bridgehead atoms. The van der Waals surface area contributed by atoms with Gasteiger partial charge in [0, 0.05) is 46.1 Å². The number of likely N-dealkylation sites (tertiary alicyclic amines) is 1. The van der Waals surface area contributed by atoms with E-state index in [2.05, 4.69) is 83.1 Å². The number of anilines is 1. The molecule has 0 unspecified atom stereocenters. The summed E-state index contributed by atoms with van der Waals surface area (Å²) < 4.78 is 13.7. The number of hydrogen-bond donors (Lipinski definition) is 2. The smallest absolute Gasteiger partial charge is 0.337 e. The fourth-order valence-corrected chi connectivity index (χ4v) is 5.76. The van der Waals surface area contributed by atoms with Gasteiger partial charge in [0.25, 0.3) is 5.91 Å². The minimum atomic E-state index is -1.54. The molecule has 12 heteroatoms. The Labute approximate surface area is 274 Å². The van der Waals surface area contributed by atoms with Gasteiger partial charge in [-0.05, 0) is 131 Å². The molecule has 0 saturated carbocycles. The molecule has 0 radical (unpaired) electrons. The fraction of sp³-hybridized carbons (Fsp3) is 0.393. The van der Waals surface area contributed by atoms with Crippen LogP contribution in [0.5, 0.6) is 5.75 Å². The summed E-state index contributed by atoms with van der Waals surface area (Å²) >= 11 is 6.63. The Kier molecular flexibility index (Phi) is 10.7. The highest BCUT2D eigenvalue weighted by molar-refractivity contribution is 14.2. The minimum Gasteiger partial charge on any atom is -0.470 e. The van der Waals surface area contributed by atoms with E-state index in [1.54, 1.807) is 10.9 Å². The van der Waals surface area contributed by atoms with Crippen LogP contribution in [-0.4, -0.2) is 59.6 Å². The van der Waals surface area contributed by atoms with Gasteiger partial charge in [-0.25, -0.2) is 9.48 Å². The van der Waals surface area contributed by atoms with E-state index in [4.69, 9.17) is 9.47 Å². The van der Waals surface area contributed by atoms with Crippen molar-refractivity contribution < 1.29 is 24.2 Å². The zero-order valence-electron chi connectivity index (χ0n) is 22.4. The van der Waals surface area contributed by atoms with Gasteiger partial charge in [0.1, 0.15) is 5.75 Å². The van der Waals surface area contributed by atoms with E-state index in [0.29, 0.717) is 35.8 Å². The molecule has 1 amide bonds. The van der Waals surface area contributed by atoms with Crippen LogP contribution in [0, 0.1) is 16.4 Å². The molecule has 4 rings (SSSR count). The molecule has 1 aliphatic heterocycles. The number of hydrogen-bond acceptors (Lipinski definition) is 7. The molecule has 2 atom stereocenters. The number of halogens is 3. The number of nitrogens with zero attached hydrogens (tertiary/aromatic N) is 3. The van der Waals surface area contributed by atoms with E-state index in [9.17, 15) is 14.7 Å². The van der Waals surface area contributed by atoms with Gasteiger partial charge in [-0.1, -0.05) is 6.07 Å². The zero-order valence-corrected chi connectivity index (χ0v) is 28.8. The average Bonchev–Trinajstić information content (AvgIpc) is 3.31. The molecule has 0 spiro atoms. The van der Waals surface area contributed by atoms with Crippen LogP contribution in [0.3, 0.4) is 0 Å². The maximum Gasteiger partial charge on any atom is 0.337 e. The largest absolute Gasteiger partial charge is 0.470 e. The highest BCUT2D eigenvalue weighted by Crippen LogP contribution is 2.33. The number of alkyl halides is 2. The number of esters is 1. The SMILES string of the molecule is COC(=O)[C@@](C)(O)[C@H]1CCCN(Cc2ccc(NC(=O)c3cn(-c4ccc(I)cc4)nc3C)cc2OC(I)I)C1. The number of piperidine rings is 1. The first-order valence-corrected chi connectivity index (χ1v) is 16.3. The van der Waals surface area contributed by atoms with Crippen molar-refractivity contribution in [2.24, 2.45) is 5.92 Å². The molecule has 40 heavy (non-hydrogen) atoms. The van der Waals surface area contributed by atoms with Crippen molar-refractivity contribution in [2.45, 2.75) is 41.0 Å². The number of rotatable bonds is 9. The van der Waals surface area contributed by atoms with Crippen LogP contribution < -0.4 is 10.1 Å². The minimum absolute atomic E-state index is 0.122. The summed E-state index contributed by atoms with van der Waals surface area (Å²) in [4.78, 5) is 27.6. The van der Waals surface area contributed by atoms with E-state index in [-0.39, 0.29) is 13.9 Å². The van der Waals surface area contributed by atoms with Crippen LogP contribution in [0.4, 0.5) is 5.69 Å². The maximum atomic E-state index is 13.2. The monoisotopic (exact) mass is 884 g/mol. The van der Waals surface area contributed by atoms with Crippen LogP contribution >= 0.6 is 67.8 Å². The van der Waals surface area contributed by atoms with Gasteiger partial charge >= 0.3 is 5.97 Å². The first-order valence-electron chi connectivity index (χ1n) is 12.7. The Balaban J connectivity index is 1.50. The van der Waals surface area contributed by atoms with Crippen LogP contribution in [0.1, 0.15) is 41.4 Å². The van der Waals surface area contributed by atoms with Gasteiger partial charge in [0.15, 0.2) is 7.72 Å². The summed E-state index contributed by atoms with van der Waals surface area (Å²) in [5.41, 5.74) is 2.03. The fourth-order valence-electron chi connectivity index (χ4n) is 4.85. The van der Waals surface area contributed by atoms with Crippen molar-refractivity contribution in [3.8, 4) is 11.4 Å². The first-order chi connectivity index (χ1) is 19.0. The number of ether oxygens (including phenoxy) is 2. The average molecular weight is 884 g/mol. The van der Waals surface area contributed by atoms with Gasteiger partial charge in [-0.15, -0.1) is 0 Å². The lowest BCUT2D eigenvalue weighted by molar-refractivity contribution is -0.168. The number of carbonyl (C=O) groups is 2. The van der Waals surface area contributed by atoms with Crippen molar-refractivity contribution in [2.75, 3.05) is 25.5 Å². The normalized spacial score (nSPS) is 17.4. The Morgan fingerprint density at radius 3 is 2.62 bits per heavy atom. The lowest BCUT2D eigenvalue weighted by Crippen LogP contribution is -2.50. The van der Waals surface area contributed by atoms with E-state index in [0.717, 1.165) is 34.2 Å². The summed E-state index contributed by atoms with van der Waals surface area (Å²) in [6.07, 6.45) is 3.34. The lowest BCUT2D eigenvalue weighted by atomic mass is 9.82. The van der Waals surface area contributed by atoms with Crippen LogP contribution in [0.2, 0.25) is 0 Å². The third-order valence-electron chi connectivity index (χ3n) is 7.07. The summed E-state index contributed by atoms with van der Waals surface area (Å²) in [7, 11) is 1.29. The number of amides is 1. The van der Waals surface area contributed by atoms with E-state index < -0.39 is 11.6 Å². The highest BCUT2D eigenvalue weighted by Gasteiger charge is 2.42. The Morgan fingerprint density at radius 1 is 1.23 bits per heavy atom. The molecule has 9 nitrogen and oxygen atoms in total. The lowest BCUT2D eigenvalue weighted by Gasteiger charge is -2.39. The standard InChI is InChI=1S/C28H31I3N4O5/c1-17-23(16-35(33-17)22-10-7-20(29)8-11-22)25(36)32-21-9-6-18(24(13-21)40-27(30)31)14-34-12-4-5-19(15-34)28(2,38)26(37)39-3/h6-11,13,16,19,27,38H,4-5,12,14-15H2,1-3H3,(H,32,36)/t19-,28-/m0/s1. The molecular weight excluding hydrogens is 853 g/mol. The van der Waals surface area contributed by atoms with Gasteiger partial charge in [-0.2, -0.15) is 5.10 Å². The van der Waals surface area contributed by atoms with Gasteiger partial charge in [0.05, 0.1) is 24.1 Å². The van der Waals surface area contributed by atoms with Crippen molar-refractivity contribution in [3.63, 3.8) is 0 Å². The quantitative estimate of drug-likeness (QED) is 0.161. The number of aromatic nitrogens is 2. The molecule has 3 aromatic rings. The predicted octanol–water partition coefficient (Wildman–Crippen LogP) is 5.71. The van der Waals surface area contributed by atoms with Gasteiger partial charge in [0.2, 0.25) is 0 Å². The number of carbonyl (C=O) groups excluding carboxylic acids is 2. The predicted molar refractivity (Wildman–Crippen MR) is 179 cm³/mol. The third kappa shape index (κ3) is 7.66. The number of methoxy groups -OCH3 is 1. The number of aryl methyl sites for hydroxylation is 1.